The van der Waals surface area contributed by atoms with Gasteiger partial charge in [-0.15, -0.1) is 0 Å². The Morgan fingerprint density at radius 3 is 2.79 bits per heavy atom. The molecule has 1 saturated heterocycles. The minimum Gasteiger partial charge on any atom is -0.491 e. The minimum absolute atomic E-state index is 0.359. The Morgan fingerprint density at radius 1 is 1.17 bits per heavy atom. The molecule has 4 rings (SSSR count). The van der Waals surface area contributed by atoms with Gasteiger partial charge in [0.1, 0.15) is 30.3 Å². The zero-order chi connectivity index (χ0) is 16.4. The average Bonchev–Trinajstić information content (AvgIpc) is 3.28. The lowest BCUT2D eigenvalue weighted by molar-refractivity contribution is 0.288. The molecule has 0 spiro atoms. The molecule has 2 aliphatic rings. The molecule has 1 N–H and O–H groups in total. The number of hydrogen-bond donors (Lipinski definition) is 1. The van der Waals surface area contributed by atoms with E-state index in [1.807, 2.05) is 24.3 Å². The summed E-state index contributed by atoms with van der Waals surface area (Å²) in [6.45, 7) is 1.70. The molecule has 0 bridgehead atoms. The second kappa shape index (κ2) is 6.97. The molecular formula is C18H21BrN4O. The van der Waals surface area contributed by atoms with E-state index in [2.05, 4.69) is 42.2 Å². The van der Waals surface area contributed by atoms with Gasteiger partial charge in [0, 0.05) is 23.1 Å². The summed E-state index contributed by atoms with van der Waals surface area (Å²) in [5.41, 5.74) is 0. The highest BCUT2D eigenvalue weighted by molar-refractivity contribution is 9.10. The van der Waals surface area contributed by atoms with Gasteiger partial charge in [-0.1, -0.05) is 15.9 Å². The predicted molar refractivity (Wildman–Crippen MR) is 98.7 cm³/mol. The van der Waals surface area contributed by atoms with Crippen LogP contribution in [-0.4, -0.2) is 35.2 Å². The number of ether oxygens (including phenoxy) is 1. The molecule has 0 unspecified atom stereocenters. The van der Waals surface area contributed by atoms with Crippen LogP contribution in [0, 0.1) is 0 Å². The molecule has 126 valence electrons. The summed E-state index contributed by atoms with van der Waals surface area (Å²) in [4.78, 5) is 11.2. The number of benzene rings is 1. The van der Waals surface area contributed by atoms with E-state index in [1.165, 1.54) is 19.3 Å². The van der Waals surface area contributed by atoms with Gasteiger partial charge < -0.3 is 15.0 Å². The van der Waals surface area contributed by atoms with E-state index >= 15 is 0 Å². The van der Waals surface area contributed by atoms with Gasteiger partial charge in [-0.25, -0.2) is 9.97 Å². The molecule has 1 aliphatic heterocycles. The molecule has 0 amide bonds. The third-order valence-corrected chi connectivity index (χ3v) is 5.04. The van der Waals surface area contributed by atoms with Crippen molar-refractivity contribution >= 4 is 27.6 Å². The smallest absolute Gasteiger partial charge is 0.134 e. The molecule has 0 radical (unpaired) electrons. The third-order valence-electron chi connectivity index (χ3n) is 4.51. The number of anilines is 2. The van der Waals surface area contributed by atoms with Crippen LogP contribution in [0.1, 0.15) is 25.7 Å². The molecule has 1 saturated carbocycles. The number of hydrogen-bond acceptors (Lipinski definition) is 5. The molecule has 1 aromatic heterocycles. The van der Waals surface area contributed by atoms with Gasteiger partial charge in [-0.2, -0.15) is 0 Å². The van der Waals surface area contributed by atoms with E-state index in [9.17, 15) is 0 Å². The van der Waals surface area contributed by atoms with Gasteiger partial charge in [0.2, 0.25) is 0 Å². The maximum Gasteiger partial charge on any atom is 0.134 e. The van der Waals surface area contributed by atoms with Crippen LogP contribution in [0.4, 0.5) is 11.6 Å². The Balaban J connectivity index is 1.41. The maximum atomic E-state index is 5.98. The molecule has 5 nitrogen and oxygen atoms in total. The van der Waals surface area contributed by atoms with E-state index in [0.717, 1.165) is 34.8 Å². The lowest BCUT2D eigenvalue weighted by Gasteiger charge is -2.26. The first kappa shape index (κ1) is 15.7. The number of halogens is 1. The van der Waals surface area contributed by atoms with E-state index in [4.69, 9.17) is 4.74 Å². The Bertz CT molecular complexity index is 690. The van der Waals surface area contributed by atoms with Gasteiger partial charge in [0.15, 0.2) is 0 Å². The molecule has 1 aliphatic carbocycles. The van der Waals surface area contributed by atoms with Gasteiger partial charge in [0.05, 0.1) is 6.04 Å². The van der Waals surface area contributed by atoms with Gasteiger partial charge in [-0.05, 0) is 49.9 Å². The Labute approximate surface area is 150 Å². The first-order valence-electron chi connectivity index (χ1n) is 8.51. The fourth-order valence-electron chi connectivity index (χ4n) is 3.05. The van der Waals surface area contributed by atoms with Crippen molar-refractivity contribution in [3.05, 3.63) is 41.1 Å². The lowest BCUT2D eigenvalue weighted by atomic mass is 10.2. The van der Waals surface area contributed by atoms with Crippen LogP contribution in [-0.2, 0) is 0 Å². The van der Waals surface area contributed by atoms with Gasteiger partial charge in [0.25, 0.3) is 0 Å². The van der Waals surface area contributed by atoms with Crippen molar-refractivity contribution in [1.82, 2.24) is 9.97 Å². The van der Waals surface area contributed by atoms with Crippen molar-refractivity contribution < 1.29 is 4.74 Å². The summed E-state index contributed by atoms with van der Waals surface area (Å²) in [7, 11) is 0. The normalized spacial score (nSPS) is 20.2. The molecule has 24 heavy (non-hydrogen) atoms. The first-order chi connectivity index (χ1) is 11.8. The van der Waals surface area contributed by atoms with Crippen LogP contribution < -0.4 is 15.0 Å². The quantitative estimate of drug-likeness (QED) is 0.813. The molecule has 2 fully saturated rings. The van der Waals surface area contributed by atoms with E-state index in [1.54, 1.807) is 6.33 Å². The van der Waals surface area contributed by atoms with Crippen molar-refractivity contribution in [1.29, 1.82) is 0 Å². The second-order valence-corrected chi connectivity index (χ2v) is 7.35. The number of nitrogens with zero attached hydrogens (tertiary/aromatic N) is 3. The van der Waals surface area contributed by atoms with Crippen molar-refractivity contribution in [2.45, 2.75) is 37.8 Å². The van der Waals surface area contributed by atoms with Crippen LogP contribution >= 0.6 is 15.9 Å². The van der Waals surface area contributed by atoms with E-state index < -0.39 is 0 Å². The third kappa shape index (κ3) is 3.80. The lowest BCUT2D eigenvalue weighted by Crippen LogP contribution is -2.34. The van der Waals surface area contributed by atoms with E-state index in [-0.39, 0.29) is 0 Å². The number of nitrogens with one attached hydrogen (secondary N) is 1. The highest BCUT2D eigenvalue weighted by atomic mass is 79.9. The van der Waals surface area contributed by atoms with Crippen LogP contribution in [0.25, 0.3) is 0 Å². The number of rotatable bonds is 6. The zero-order valence-electron chi connectivity index (χ0n) is 13.5. The van der Waals surface area contributed by atoms with Crippen molar-refractivity contribution in [2.75, 3.05) is 23.4 Å². The summed E-state index contributed by atoms with van der Waals surface area (Å²) in [6.07, 6.45) is 6.44. The van der Waals surface area contributed by atoms with Crippen LogP contribution in [0.3, 0.4) is 0 Å². The summed E-state index contributed by atoms with van der Waals surface area (Å²) < 4.78 is 7.04. The SMILES string of the molecule is Brc1ccc(OC[C@@H]2CCCN2c2cc(NC3CC3)ncn2)cc1. The second-order valence-electron chi connectivity index (χ2n) is 6.43. The van der Waals surface area contributed by atoms with Crippen molar-refractivity contribution in [2.24, 2.45) is 0 Å². The molecule has 1 aromatic carbocycles. The molecular weight excluding hydrogens is 368 g/mol. The van der Waals surface area contributed by atoms with Crippen molar-refractivity contribution in [3.63, 3.8) is 0 Å². The predicted octanol–water partition coefficient (Wildman–Crippen LogP) is 3.86. The van der Waals surface area contributed by atoms with Crippen LogP contribution in [0.5, 0.6) is 5.75 Å². The van der Waals surface area contributed by atoms with Gasteiger partial charge >= 0.3 is 0 Å². The van der Waals surface area contributed by atoms with Crippen molar-refractivity contribution in [3.8, 4) is 5.75 Å². The topological polar surface area (TPSA) is 50.3 Å². The maximum absolute atomic E-state index is 5.98. The van der Waals surface area contributed by atoms with E-state index in [0.29, 0.717) is 18.7 Å². The van der Waals surface area contributed by atoms with Gasteiger partial charge in [-0.3, -0.25) is 0 Å². The molecule has 2 heterocycles. The van der Waals surface area contributed by atoms with Crippen LogP contribution in [0.2, 0.25) is 0 Å². The average molecular weight is 389 g/mol. The highest BCUT2D eigenvalue weighted by Gasteiger charge is 2.27. The first-order valence-corrected chi connectivity index (χ1v) is 9.31. The highest BCUT2D eigenvalue weighted by Crippen LogP contribution is 2.28. The fourth-order valence-corrected chi connectivity index (χ4v) is 3.32. The monoisotopic (exact) mass is 388 g/mol. The Morgan fingerprint density at radius 2 is 2.00 bits per heavy atom. The minimum atomic E-state index is 0.359. The summed E-state index contributed by atoms with van der Waals surface area (Å²) in [5, 5.41) is 3.44. The Hall–Kier alpha value is -1.82. The number of aromatic nitrogens is 2. The summed E-state index contributed by atoms with van der Waals surface area (Å²) in [6, 6.07) is 11.0. The zero-order valence-corrected chi connectivity index (χ0v) is 15.1. The molecule has 1 atom stereocenters. The summed E-state index contributed by atoms with van der Waals surface area (Å²) >= 11 is 3.45. The summed E-state index contributed by atoms with van der Waals surface area (Å²) in [5.74, 6) is 2.83. The standard InChI is InChI=1S/C18H21BrN4O/c19-13-3-7-16(8-4-13)24-11-15-2-1-9-23(15)18-10-17(20-12-21-18)22-14-5-6-14/h3-4,7-8,10,12,14-15H,1-2,5-6,9,11H2,(H,20,21,22)/t15-/m0/s1. The largest absolute Gasteiger partial charge is 0.491 e. The molecule has 2 aromatic rings. The molecule has 6 heteroatoms. The van der Waals surface area contributed by atoms with Crippen LogP contribution in [0.15, 0.2) is 41.1 Å². The Kier molecular flexibility index (Phi) is 4.56. The fraction of sp³-hybridized carbons (Fsp3) is 0.444.